The van der Waals surface area contributed by atoms with E-state index in [-0.39, 0.29) is 5.92 Å². The summed E-state index contributed by atoms with van der Waals surface area (Å²) in [7, 11) is 2.09. The fourth-order valence-electron chi connectivity index (χ4n) is 3.82. The van der Waals surface area contributed by atoms with Crippen LogP contribution < -0.4 is 5.73 Å². The molecule has 0 radical (unpaired) electrons. The predicted molar refractivity (Wildman–Crippen MR) is 104 cm³/mol. The van der Waals surface area contributed by atoms with E-state index in [0.717, 1.165) is 29.8 Å². The Labute approximate surface area is 147 Å². The summed E-state index contributed by atoms with van der Waals surface area (Å²) >= 11 is 0. The van der Waals surface area contributed by atoms with Crippen molar-refractivity contribution in [3.63, 3.8) is 0 Å². The monoisotopic (exact) mass is 332 g/mol. The van der Waals surface area contributed by atoms with Gasteiger partial charge in [0.25, 0.3) is 0 Å². The molecule has 1 unspecified atom stereocenters. The molecule has 0 aliphatic carbocycles. The van der Waals surface area contributed by atoms with Crippen molar-refractivity contribution in [1.29, 1.82) is 0 Å². The van der Waals surface area contributed by atoms with Crippen molar-refractivity contribution in [3.05, 3.63) is 66.1 Å². The van der Waals surface area contributed by atoms with E-state index in [2.05, 4.69) is 71.8 Å². The fourth-order valence-corrected chi connectivity index (χ4v) is 3.82. The molecule has 0 aliphatic rings. The molecule has 4 aromatic rings. The van der Waals surface area contributed by atoms with Gasteiger partial charge in [-0.2, -0.15) is 0 Å². The van der Waals surface area contributed by atoms with Crippen molar-refractivity contribution in [3.8, 4) is 0 Å². The fraction of sp³-hybridized carbons (Fsp3) is 0.286. The first-order chi connectivity index (χ1) is 12.2. The molecule has 4 heteroatoms. The van der Waals surface area contributed by atoms with E-state index in [1.807, 2.05) is 6.07 Å². The highest BCUT2D eigenvalue weighted by Crippen LogP contribution is 2.28. The van der Waals surface area contributed by atoms with Crippen molar-refractivity contribution >= 4 is 21.9 Å². The summed E-state index contributed by atoms with van der Waals surface area (Å²) in [5.41, 5.74) is 11.0. The van der Waals surface area contributed by atoms with Gasteiger partial charge >= 0.3 is 0 Å². The van der Waals surface area contributed by atoms with Gasteiger partial charge < -0.3 is 14.9 Å². The van der Waals surface area contributed by atoms with E-state index >= 15 is 0 Å². The average Bonchev–Trinajstić information content (AvgIpc) is 3.18. The number of nitrogens with zero attached hydrogens (tertiary/aromatic N) is 3. The minimum Gasteiger partial charge on any atom is -0.347 e. The molecule has 2 aromatic carbocycles. The quantitative estimate of drug-likeness (QED) is 0.604. The molecule has 4 nitrogen and oxygen atoms in total. The average molecular weight is 332 g/mol. The van der Waals surface area contributed by atoms with Crippen LogP contribution in [0.5, 0.6) is 0 Å². The molecule has 2 N–H and O–H groups in total. The zero-order valence-corrected chi connectivity index (χ0v) is 14.8. The third-order valence-corrected chi connectivity index (χ3v) is 5.15. The summed E-state index contributed by atoms with van der Waals surface area (Å²) in [6.45, 7) is 3.74. The standard InChI is InChI=1S/C21H24N4/c1-3-25-14-16(17-8-4-6-10-19(17)25)12-15(13-22)21-23-18-9-5-7-11-20(18)24(21)2/h4-11,14-15H,3,12-13,22H2,1-2H3. The number of imidazole rings is 1. The smallest absolute Gasteiger partial charge is 0.114 e. The lowest BCUT2D eigenvalue weighted by Crippen LogP contribution is -2.18. The highest BCUT2D eigenvalue weighted by Gasteiger charge is 2.20. The van der Waals surface area contributed by atoms with Gasteiger partial charge in [-0.05, 0) is 37.1 Å². The topological polar surface area (TPSA) is 48.8 Å². The molecule has 128 valence electrons. The van der Waals surface area contributed by atoms with Crippen LogP contribution in [0.2, 0.25) is 0 Å². The number of hydrogen-bond donors (Lipinski definition) is 1. The summed E-state index contributed by atoms with van der Waals surface area (Å²) in [5.74, 6) is 1.27. The Hall–Kier alpha value is -2.59. The highest BCUT2D eigenvalue weighted by molar-refractivity contribution is 5.84. The molecular formula is C21H24N4. The minimum absolute atomic E-state index is 0.202. The van der Waals surface area contributed by atoms with Crippen LogP contribution >= 0.6 is 0 Å². The van der Waals surface area contributed by atoms with Crippen molar-refractivity contribution in [1.82, 2.24) is 14.1 Å². The van der Waals surface area contributed by atoms with Crippen molar-refractivity contribution in [2.75, 3.05) is 6.54 Å². The Morgan fingerprint density at radius 2 is 1.76 bits per heavy atom. The maximum Gasteiger partial charge on any atom is 0.114 e. The number of fused-ring (bicyclic) bond motifs is 2. The molecule has 25 heavy (non-hydrogen) atoms. The van der Waals surface area contributed by atoms with Gasteiger partial charge in [-0.1, -0.05) is 30.3 Å². The SMILES string of the molecule is CCn1cc(CC(CN)c2nc3ccccc3n2C)c2ccccc21. The van der Waals surface area contributed by atoms with E-state index in [9.17, 15) is 0 Å². The number of aromatic nitrogens is 3. The second-order valence-corrected chi connectivity index (χ2v) is 6.61. The third kappa shape index (κ3) is 2.63. The van der Waals surface area contributed by atoms with Gasteiger partial charge in [0.2, 0.25) is 0 Å². The molecule has 0 saturated carbocycles. The number of para-hydroxylation sites is 3. The van der Waals surface area contributed by atoms with Crippen LogP contribution in [0.15, 0.2) is 54.7 Å². The van der Waals surface area contributed by atoms with Crippen molar-refractivity contribution in [2.24, 2.45) is 12.8 Å². The molecule has 0 aliphatic heterocycles. The van der Waals surface area contributed by atoms with Crippen LogP contribution in [0.1, 0.15) is 24.2 Å². The third-order valence-electron chi connectivity index (χ3n) is 5.15. The number of hydrogen-bond acceptors (Lipinski definition) is 2. The summed E-state index contributed by atoms with van der Waals surface area (Å²) in [5, 5.41) is 1.32. The Balaban J connectivity index is 1.76. The molecule has 0 spiro atoms. The Morgan fingerprint density at radius 1 is 1.04 bits per heavy atom. The summed E-state index contributed by atoms with van der Waals surface area (Å²) in [6, 6.07) is 16.9. The van der Waals surface area contributed by atoms with E-state index in [4.69, 9.17) is 10.7 Å². The van der Waals surface area contributed by atoms with Gasteiger partial charge in [-0.3, -0.25) is 0 Å². The van der Waals surface area contributed by atoms with Crippen LogP contribution in [0, 0.1) is 0 Å². The van der Waals surface area contributed by atoms with Crippen molar-refractivity contribution in [2.45, 2.75) is 25.8 Å². The molecule has 0 fully saturated rings. The van der Waals surface area contributed by atoms with Gasteiger partial charge in [0.15, 0.2) is 0 Å². The molecule has 0 saturated heterocycles. The van der Waals surface area contributed by atoms with Crippen LogP contribution in [0.25, 0.3) is 21.9 Å². The number of nitrogens with two attached hydrogens (primary N) is 1. The molecule has 2 heterocycles. The molecule has 4 rings (SSSR count). The molecule has 0 bridgehead atoms. The van der Waals surface area contributed by atoms with E-state index in [0.29, 0.717) is 6.54 Å². The number of rotatable bonds is 5. The van der Waals surface area contributed by atoms with Gasteiger partial charge in [0.1, 0.15) is 5.82 Å². The summed E-state index contributed by atoms with van der Waals surface area (Å²) in [6.07, 6.45) is 3.18. The number of benzene rings is 2. The lowest BCUT2D eigenvalue weighted by atomic mass is 9.98. The lowest BCUT2D eigenvalue weighted by Gasteiger charge is -2.14. The van der Waals surface area contributed by atoms with E-state index < -0.39 is 0 Å². The summed E-state index contributed by atoms with van der Waals surface area (Å²) in [4.78, 5) is 4.86. The maximum absolute atomic E-state index is 6.17. The lowest BCUT2D eigenvalue weighted by molar-refractivity contribution is 0.623. The molecule has 1 atom stereocenters. The highest BCUT2D eigenvalue weighted by atomic mass is 15.1. The van der Waals surface area contributed by atoms with Gasteiger partial charge in [0.05, 0.1) is 11.0 Å². The van der Waals surface area contributed by atoms with Gasteiger partial charge in [0, 0.05) is 43.2 Å². The van der Waals surface area contributed by atoms with E-state index in [1.165, 1.54) is 16.5 Å². The zero-order chi connectivity index (χ0) is 17.4. The van der Waals surface area contributed by atoms with Crippen LogP contribution in [-0.2, 0) is 20.0 Å². The predicted octanol–water partition coefficient (Wildman–Crippen LogP) is 3.83. The van der Waals surface area contributed by atoms with E-state index in [1.54, 1.807) is 0 Å². The Morgan fingerprint density at radius 3 is 2.48 bits per heavy atom. The number of aryl methyl sites for hydroxylation is 2. The largest absolute Gasteiger partial charge is 0.347 e. The van der Waals surface area contributed by atoms with Gasteiger partial charge in [-0.25, -0.2) is 4.98 Å². The minimum atomic E-state index is 0.202. The normalized spacial score (nSPS) is 12.9. The second-order valence-electron chi connectivity index (χ2n) is 6.61. The first-order valence-electron chi connectivity index (χ1n) is 8.91. The Bertz CT molecular complexity index is 1020. The van der Waals surface area contributed by atoms with Crippen molar-refractivity contribution < 1.29 is 0 Å². The summed E-state index contributed by atoms with van der Waals surface area (Å²) < 4.78 is 4.50. The molecule has 0 amide bonds. The zero-order valence-electron chi connectivity index (χ0n) is 14.8. The van der Waals surface area contributed by atoms with Crippen LogP contribution in [-0.4, -0.2) is 20.7 Å². The van der Waals surface area contributed by atoms with Crippen LogP contribution in [0.3, 0.4) is 0 Å². The molecular weight excluding hydrogens is 308 g/mol. The Kier molecular flexibility index (Phi) is 4.06. The van der Waals surface area contributed by atoms with Gasteiger partial charge in [-0.15, -0.1) is 0 Å². The van der Waals surface area contributed by atoms with Crippen LogP contribution in [0.4, 0.5) is 0 Å². The first kappa shape index (κ1) is 15.9. The molecule has 2 aromatic heterocycles. The first-order valence-corrected chi connectivity index (χ1v) is 8.91. The maximum atomic E-state index is 6.17. The second kappa shape index (κ2) is 6.37.